The molecule has 2 atom stereocenters. The van der Waals surface area contributed by atoms with Crippen LogP contribution in [0.4, 0.5) is 23.2 Å². The lowest BCUT2D eigenvalue weighted by atomic mass is 10.0. The first-order valence-corrected chi connectivity index (χ1v) is 12.3. The highest BCUT2D eigenvalue weighted by atomic mass is 35.5. The highest BCUT2D eigenvalue weighted by molar-refractivity contribution is 6.35. The standard InChI is InChI=1S/C25H24ClF4N3O5/c1-11-6-15-17(21(19(11)27)38-24(2,3)25(28,29)30)23(35)33-9-14(7-13(33)10-36-15)37-22-18(26)20-12(8-31-22)4-5-16(34)32-20/h6,8,13-14H,4-5,7,9-10H2,1-3H3,(H,32,34)/t13-,14+/m1/s1. The minimum atomic E-state index is -4.83. The van der Waals surface area contributed by atoms with Gasteiger partial charge < -0.3 is 24.4 Å². The van der Waals surface area contributed by atoms with Crippen molar-refractivity contribution in [2.75, 3.05) is 18.5 Å². The number of carbonyl (C=O) groups is 2. The summed E-state index contributed by atoms with van der Waals surface area (Å²) in [5.74, 6) is -2.78. The van der Waals surface area contributed by atoms with Crippen molar-refractivity contribution < 1.29 is 41.4 Å². The second kappa shape index (κ2) is 9.18. The molecule has 8 nitrogen and oxygen atoms in total. The Hall–Kier alpha value is -3.28. The summed E-state index contributed by atoms with van der Waals surface area (Å²) in [5, 5.41) is 2.84. The first-order chi connectivity index (χ1) is 17.8. The molecule has 1 fully saturated rings. The predicted octanol–water partition coefficient (Wildman–Crippen LogP) is 4.84. The van der Waals surface area contributed by atoms with E-state index in [1.165, 1.54) is 17.9 Å². The van der Waals surface area contributed by atoms with Crippen molar-refractivity contribution in [2.45, 2.75) is 64.0 Å². The Balaban J connectivity index is 1.43. The van der Waals surface area contributed by atoms with Crippen LogP contribution in [0.2, 0.25) is 5.02 Å². The number of amides is 2. The number of ether oxygens (including phenoxy) is 3. The molecule has 0 spiro atoms. The van der Waals surface area contributed by atoms with Crippen molar-refractivity contribution in [1.82, 2.24) is 9.88 Å². The fraction of sp³-hybridized carbons (Fsp3) is 0.480. The Morgan fingerprint density at radius 3 is 2.68 bits per heavy atom. The van der Waals surface area contributed by atoms with Crippen molar-refractivity contribution in [3.8, 4) is 17.4 Å². The maximum Gasteiger partial charge on any atom is 0.427 e. The van der Waals surface area contributed by atoms with Crippen LogP contribution in [0, 0.1) is 12.7 Å². The third kappa shape index (κ3) is 4.48. The molecule has 2 aromatic rings. The number of rotatable bonds is 4. The number of halogens is 5. The van der Waals surface area contributed by atoms with Crippen LogP contribution in [0.3, 0.4) is 0 Å². The molecule has 3 aliphatic rings. The third-order valence-corrected chi connectivity index (χ3v) is 7.27. The van der Waals surface area contributed by atoms with E-state index in [9.17, 15) is 22.8 Å². The zero-order valence-corrected chi connectivity index (χ0v) is 21.4. The minimum Gasteiger partial charge on any atom is -0.490 e. The molecule has 0 bridgehead atoms. The van der Waals surface area contributed by atoms with Gasteiger partial charge in [-0.3, -0.25) is 9.59 Å². The molecule has 1 saturated heterocycles. The summed E-state index contributed by atoms with van der Waals surface area (Å²) in [4.78, 5) is 31.0. The molecule has 0 saturated carbocycles. The zero-order valence-electron chi connectivity index (χ0n) is 20.7. The summed E-state index contributed by atoms with van der Waals surface area (Å²) in [6, 6.07) is 0.764. The van der Waals surface area contributed by atoms with Gasteiger partial charge in [-0.05, 0) is 44.4 Å². The van der Waals surface area contributed by atoms with Crippen LogP contribution in [-0.2, 0) is 11.2 Å². The predicted molar refractivity (Wildman–Crippen MR) is 127 cm³/mol. The monoisotopic (exact) mass is 557 g/mol. The normalized spacial score (nSPS) is 21.1. The summed E-state index contributed by atoms with van der Waals surface area (Å²) in [7, 11) is 0. The van der Waals surface area contributed by atoms with E-state index in [0.29, 0.717) is 24.9 Å². The summed E-state index contributed by atoms with van der Waals surface area (Å²) >= 11 is 6.44. The van der Waals surface area contributed by atoms with Gasteiger partial charge in [0, 0.05) is 19.0 Å². The molecule has 13 heteroatoms. The number of nitrogens with zero attached hydrogens (tertiary/aromatic N) is 2. The molecule has 204 valence electrons. The maximum absolute atomic E-state index is 15.1. The number of fused-ring (bicyclic) bond motifs is 3. The fourth-order valence-electron chi connectivity index (χ4n) is 4.67. The van der Waals surface area contributed by atoms with Gasteiger partial charge in [-0.2, -0.15) is 13.2 Å². The highest BCUT2D eigenvalue weighted by Crippen LogP contribution is 2.43. The van der Waals surface area contributed by atoms with Crippen molar-refractivity contribution >= 4 is 29.1 Å². The average molecular weight is 558 g/mol. The fourth-order valence-corrected chi connectivity index (χ4v) is 4.94. The van der Waals surface area contributed by atoms with Crippen LogP contribution in [0.1, 0.15) is 48.2 Å². The lowest BCUT2D eigenvalue weighted by molar-refractivity contribution is -0.235. The molecular weight excluding hydrogens is 534 g/mol. The van der Waals surface area contributed by atoms with Crippen LogP contribution in [-0.4, -0.2) is 58.8 Å². The Morgan fingerprint density at radius 2 is 1.97 bits per heavy atom. The number of aryl methyl sites for hydroxylation is 2. The molecule has 3 aliphatic heterocycles. The number of benzene rings is 1. The van der Waals surface area contributed by atoms with Crippen molar-refractivity contribution in [1.29, 1.82) is 0 Å². The van der Waals surface area contributed by atoms with Crippen LogP contribution >= 0.6 is 11.6 Å². The van der Waals surface area contributed by atoms with Gasteiger partial charge in [0.15, 0.2) is 17.2 Å². The lowest BCUT2D eigenvalue weighted by Gasteiger charge is -2.30. The number of alkyl halides is 3. The smallest absolute Gasteiger partial charge is 0.427 e. The number of hydrogen-bond acceptors (Lipinski definition) is 6. The SMILES string of the molecule is Cc1cc2c(c(OC(C)(C)C(F)(F)F)c1F)C(=O)N1C[C@@H](Oc3ncc4c(c3Cl)NC(=O)CC4)C[C@@H]1CO2. The molecule has 5 rings (SSSR count). The Labute approximate surface area is 220 Å². The molecule has 4 heterocycles. The summed E-state index contributed by atoms with van der Waals surface area (Å²) in [6.45, 7) is 2.88. The number of pyridine rings is 1. The van der Waals surface area contributed by atoms with Gasteiger partial charge in [0.1, 0.15) is 29.0 Å². The van der Waals surface area contributed by atoms with Gasteiger partial charge in [-0.25, -0.2) is 9.37 Å². The molecule has 1 N–H and O–H groups in total. The molecule has 1 aromatic heterocycles. The van der Waals surface area contributed by atoms with Crippen LogP contribution in [0.15, 0.2) is 12.3 Å². The van der Waals surface area contributed by atoms with Crippen molar-refractivity contribution in [3.63, 3.8) is 0 Å². The number of anilines is 1. The second-order valence-electron chi connectivity index (χ2n) is 10.0. The van der Waals surface area contributed by atoms with E-state index in [4.69, 9.17) is 25.8 Å². The number of nitrogens with one attached hydrogen (secondary N) is 1. The Bertz CT molecular complexity index is 1330. The molecule has 0 aliphatic carbocycles. The maximum atomic E-state index is 15.1. The second-order valence-corrected chi connectivity index (χ2v) is 10.4. The molecule has 0 radical (unpaired) electrons. The summed E-state index contributed by atoms with van der Waals surface area (Å²) in [6.07, 6.45) is -2.76. The molecule has 0 unspecified atom stereocenters. The van der Waals surface area contributed by atoms with Crippen LogP contribution in [0.25, 0.3) is 0 Å². The van der Waals surface area contributed by atoms with Crippen LogP contribution < -0.4 is 19.5 Å². The third-order valence-electron chi connectivity index (χ3n) is 6.92. The van der Waals surface area contributed by atoms with Gasteiger partial charge in [0.25, 0.3) is 5.91 Å². The van der Waals surface area contributed by atoms with Gasteiger partial charge in [-0.15, -0.1) is 0 Å². The van der Waals surface area contributed by atoms with Gasteiger partial charge in [-0.1, -0.05) is 11.6 Å². The first-order valence-electron chi connectivity index (χ1n) is 11.9. The van der Waals surface area contributed by atoms with Crippen molar-refractivity contribution in [2.24, 2.45) is 0 Å². The number of carbonyl (C=O) groups excluding carboxylic acids is 2. The number of aromatic nitrogens is 1. The molecule has 2 amide bonds. The van der Waals surface area contributed by atoms with E-state index >= 15 is 4.39 Å². The summed E-state index contributed by atoms with van der Waals surface area (Å²) < 4.78 is 72.7. The van der Waals surface area contributed by atoms with Gasteiger partial charge >= 0.3 is 6.18 Å². The van der Waals surface area contributed by atoms with E-state index in [0.717, 1.165) is 19.4 Å². The van der Waals surface area contributed by atoms with E-state index in [2.05, 4.69) is 10.3 Å². The highest BCUT2D eigenvalue weighted by Gasteiger charge is 2.51. The van der Waals surface area contributed by atoms with Crippen LogP contribution in [0.5, 0.6) is 17.4 Å². The minimum absolute atomic E-state index is 0.00712. The Kier molecular flexibility index (Phi) is 6.36. The summed E-state index contributed by atoms with van der Waals surface area (Å²) in [5.41, 5.74) is -2.01. The van der Waals surface area contributed by atoms with Gasteiger partial charge in [0.2, 0.25) is 11.8 Å². The lowest BCUT2D eigenvalue weighted by Crippen LogP contribution is -2.45. The van der Waals surface area contributed by atoms with Crippen molar-refractivity contribution in [3.05, 3.63) is 39.8 Å². The zero-order chi connectivity index (χ0) is 27.6. The topological polar surface area (TPSA) is 90.0 Å². The van der Waals surface area contributed by atoms with Gasteiger partial charge in [0.05, 0.1) is 18.3 Å². The molecular formula is C25H24ClF4N3O5. The quantitative estimate of drug-likeness (QED) is 0.541. The average Bonchev–Trinajstić information content (AvgIpc) is 3.19. The van der Waals surface area contributed by atoms with E-state index in [-0.39, 0.29) is 41.3 Å². The molecule has 1 aromatic carbocycles. The first kappa shape index (κ1) is 26.3. The Morgan fingerprint density at radius 1 is 1.24 bits per heavy atom. The number of hydrogen-bond donors (Lipinski definition) is 1. The van der Waals surface area contributed by atoms with E-state index < -0.39 is 47.0 Å². The van der Waals surface area contributed by atoms with E-state index in [1.54, 1.807) is 6.20 Å². The van der Waals surface area contributed by atoms with E-state index in [1.807, 2.05) is 0 Å². The molecule has 38 heavy (non-hydrogen) atoms. The largest absolute Gasteiger partial charge is 0.490 e.